The molecule has 0 aliphatic carbocycles. The molecule has 10 nitrogen and oxygen atoms in total. The van der Waals surface area contributed by atoms with Gasteiger partial charge in [0.1, 0.15) is 0 Å². The minimum absolute atomic E-state index is 0. The summed E-state index contributed by atoms with van der Waals surface area (Å²) >= 11 is 0. The van der Waals surface area contributed by atoms with Gasteiger partial charge in [-0.05, 0) is 0 Å². The van der Waals surface area contributed by atoms with Crippen molar-refractivity contribution in [3.8, 4) is 0 Å². The summed E-state index contributed by atoms with van der Waals surface area (Å²) < 4.78 is 1.64. The molecule has 11 N–H and O–H groups in total. The molecule has 2 heterocycles. The molecule has 0 saturated carbocycles. The van der Waals surface area contributed by atoms with Crippen LogP contribution in [0.25, 0.3) is 41.9 Å². The third-order valence-electron chi connectivity index (χ3n) is 1.52. The van der Waals surface area contributed by atoms with Crippen LogP contribution in [0.4, 0.5) is 0 Å². The summed E-state index contributed by atoms with van der Waals surface area (Å²) in [6.45, 7) is 0. The second-order valence-corrected chi connectivity index (χ2v) is 2.26. The van der Waals surface area contributed by atoms with Gasteiger partial charge in [0.15, 0.2) is 11.2 Å². The van der Waals surface area contributed by atoms with E-state index in [9.17, 15) is 4.79 Å². The van der Waals surface area contributed by atoms with Crippen molar-refractivity contribution in [1.82, 2.24) is 19.5 Å². The summed E-state index contributed by atoms with van der Waals surface area (Å²) in [6, 6.07) is 0. The molecule has 17 heavy (non-hydrogen) atoms. The van der Waals surface area contributed by atoms with Crippen LogP contribution in [0.5, 0.6) is 0 Å². The molecule has 11 heteroatoms. The van der Waals surface area contributed by atoms with E-state index in [0.717, 1.165) is 0 Å². The first kappa shape index (κ1) is 29.7. The van der Waals surface area contributed by atoms with E-state index in [-0.39, 0.29) is 55.8 Å². The maximum Gasteiger partial charge on any atom is 8.00 e. The van der Waals surface area contributed by atoms with Crippen molar-refractivity contribution in [2.75, 3.05) is 0 Å². The number of nitrogens with zero attached hydrogens (tertiary/aromatic N) is 3. The largest absolute Gasteiger partial charge is 8.00 e. The number of hydrogen-bond donors (Lipinski definition) is 1. The number of fused-ring (bicyclic) bond motifs is 1. The number of aromatic amines is 1. The Morgan fingerprint density at radius 3 is 2.12 bits per heavy atom. The molecule has 0 aromatic carbocycles. The molecule has 2 rings (SSSR count). The smallest absolute Gasteiger partial charge is 0.693 e. The molecule has 0 unspecified atom stereocenters. The Labute approximate surface area is 111 Å². The minimum atomic E-state index is -0.157. The summed E-state index contributed by atoms with van der Waals surface area (Å²) in [4.78, 5) is 21.4. The van der Waals surface area contributed by atoms with E-state index < -0.39 is 0 Å². The van der Waals surface area contributed by atoms with E-state index in [1.807, 2.05) is 0 Å². The Bertz CT molecular complexity index is 452. The fourth-order valence-electron chi connectivity index (χ4n) is 0.994. The van der Waals surface area contributed by atoms with Crippen LogP contribution in [0, 0.1) is 0 Å². The van der Waals surface area contributed by atoms with Gasteiger partial charge in [0.25, 0.3) is 5.56 Å². The van der Waals surface area contributed by atoms with Crippen LogP contribution in [0.1, 0.15) is 0 Å². The minimum Gasteiger partial charge on any atom is -0.693 e. The average Bonchev–Trinajstić information content (AvgIpc) is 2.34. The summed E-state index contributed by atoms with van der Waals surface area (Å²) in [5.41, 5.74) is 0.832. The molecule has 0 aliphatic rings. The molecule has 2 aromatic rings. The van der Waals surface area contributed by atoms with Crippen LogP contribution in [-0.4, -0.2) is 19.5 Å². The van der Waals surface area contributed by atoms with Crippen LogP contribution >= 0.6 is 0 Å². The number of H-pyrrole nitrogens is 1. The maximum absolute atomic E-state index is 11.1. The van der Waals surface area contributed by atoms with Crippen LogP contribution < -0.4 is 5.56 Å². The summed E-state index contributed by atoms with van der Waals surface area (Å²) in [6.07, 6.45) is 2.91. The van der Waals surface area contributed by atoms with Gasteiger partial charge < -0.3 is 40.3 Å². The molecule has 0 bridgehead atoms. The zero-order chi connectivity index (χ0) is 7.84. The Kier molecular flexibility index (Phi) is 19.7. The van der Waals surface area contributed by atoms with Crippen molar-refractivity contribution in [2.45, 2.75) is 0 Å². The van der Waals surface area contributed by atoms with Crippen LogP contribution in [0.15, 0.2) is 17.4 Å². The predicted octanol–water partition coefficient (Wildman–Crippen LogP) is 3.24. The standard InChI is InChI=1S/C6H6N4O.5H2N.Ru/c1-10-3-9-5-4(10)6(11)8-2-7-5;;;;;;/h2-3H,1H3,(H,7,8,11);5*1H2;/q;5*-1;+8. The van der Waals surface area contributed by atoms with Crippen LogP contribution in [-0.2, 0) is 26.5 Å². The zero-order valence-electron chi connectivity index (χ0n) is 9.14. The van der Waals surface area contributed by atoms with E-state index in [0.29, 0.717) is 11.2 Å². The van der Waals surface area contributed by atoms with Crippen LogP contribution in [0.2, 0.25) is 0 Å². The van der Waals surface area contributed by atoms with E-state index in [1.165, 1.54) is 6.33 Å². The Morgan fingerprint density at radius 2 is 1.65 bits per heavy atom. The van der Waals surface area contributed by atoms with Gasteiger partial charge in [-0.1, -0.05) is 0 Å². The van der Waals surface area contributed by atoms with E-state index in [1.54, 1.807) is 17.9 Å². The average molecular weight is 331 g/mol. The molecule has 0 saturated heterocycles. The van der Waals surface area contributed by atoms with E-state index in [2.05, 4.69) is 15.0 Å². The molecular formula is C6H16N9ORu+3. The molecule has 0 radical (unpaired) electrons. The third kappa shape index (κ3) is 5.08. The Morgan fingerprint density at radius 1 is 1.12 bits per heavy atom. The molecule has 0 aliphatic heterocycles. The Hall–Kier alpha value is -1.23. The third-order valence-corrected chi connectivity index (χ3v) is 1.52. The fourth-order valence-corrected chi connectivity index (χ4v) is 0.994. The zero-order valence-corrected chi connectivity index (χ0v) is 10.9. The first-order chi connectivity index (χ1) is 5.29. The number of aromatic nitrogens is 4. The number of imidazole rings is 1. The van der Waals surface area contributed by atoms with Gasteiger partial charge >= 0.3 is 19.5 Å². The first-order valence-corrected chi connectivity index (χ1v) is 3.14. The molecule has 96 valence electrons. The van der Waals surface area contributed by atoms with E-state index >= 15 is 0 Å². The molecule has 0 fully saturated rings. The molecule has 0 amide bonds. The number of nitrogens with one attached hydrogen (secondary N) is 1. The van der Waals surface area contributed by atoms with Gasteiger partial charge in [0, 0.05) is 7.05 Å². The number of rotatable bonds is 0. The van der Waals surface area contributed by atoms with Gasteiger partial charge in [-0.2, -0.15) is 0 Å². The second kappa shape index (κ2) is 11.3. The van der Waals surface area contributed by atoms with Gasteiger partial charge in [0.05, 0.1) is 12.7 Å². The van der Waals surface area contributed by atoms with Gasteiger partial charge in [-0.3, -0.25) is 4.79 Å². The second-order valence-electron chi connectivity index (χ2n) is 2.26. The van der Waals surface area contributed by atoms with Gasteiger partial charge in [-0.15, -0.1) is 0 Å². The van der Waals surface area contributed by atoms with Gasteiger partial charge in [0.2, 0.25) is 0 Å². The summed E-state index contributed by atoms with van der Waals surface area (Å²) in [5, 5.41) is 0. The molecule has 0 atom stereocenters. The Balaban J connectivity index is -0.0000000800. The van der Waals surface area contributed by atoms with Crippen molar-refractivity contribution in [2.24, 2.45) is 7.05 Å². The van der Waals surface area contributed by atoms with Crippen molar-refractivity contribution < 1.29 is 19.5 Å². The predicted molar refractivity (Wildman–Crippen MR) is 65.6 cm³/mol. The van der Waals surface area contributed by atoms with Gasteiger partial charge in [-0.25, -0.2) is 9.97 Å². The number of aryl methyl sites for hydroxylation is 1. The van der Waals surface area contributed by atoms with E-state index in [4.69, 9.17) is 0 Å². The number of nitrogens with two attached hydrogens (primary N) is 5. The monoisotopic (exact) mass is 332 g/mol. The fraction of sp³-hybridized carbons (Fsp3) is 0.167. The molecule has 0 spiro atoms. The summed E-state index contributed by atoms with van der Waals surface area (Å²) in [5.74, 6) is 0. The molecule has 2 aromatic heterocycles. The summed E-state index contributed by atoms with van der Waals surface area (Å²) in [7, 11) is 1.76. The van der Waals surface area contributed by atoms with Crippen molar-refractivity contribution in [1.29, 1.82) is 0 Å². The van der Waals surface area contributed by atoms with Crippen molar-refractivity contribution in [3.05, 3.63) is 53.8 Å². The SMILES string of the molecule is Cn1cnc2nc[nH]c(=O)c21.[NH2-].[NH2-].[NH2-].[NH2-].[NH2-].[Ru+8]. The maximum atomic E-state index is 11.1. The number of hydrogen-bond acceptors (Lipinski definition) is 3. The quantitative estimate of drug-likeness (QED) is 0.716. The first-order valence-electron chi connectivity index (χ1n) is 3.14. The molecular weight excluding hydrogens is 315 g/mol. The normalized spacial score (nSPS) is 6.88. The van der Waals surface area contributed by atoms with Crippen molar-refractivity contribution >= 4 is 11.2 Å². The van der Waals surface area contributed by atoms with Crippen LogP contribution in [0.3, 0.4) is 0 Å². The van der Waals surface area contributed by atoms with Crippen molar-refractivity contribution in [3.63, 3.8) is 0 Å². The topological polar surface area (TPSA) is 231 Å².